The van der Waals surface area contributed by atoms with Crippen LogP contribution in [0, 0.1) is 5.92 Å². The van der Waals surface area contributed by atoms with Crippen LogP contribution in [0.5, 0.6) is 5.88 Å². The van der Waals surface area contributed by atoms with E-state index in [1.54, 1.807) is 20.3 Å². The predicted octanol–water partition coefficient (Wildman–Crippen LogP) is 3.50. The molecule has 1 fully saturated rings. The van der Waals surface area contributed by atoms with Crippen LogP contribution in [-0.4, -0.2) is 40.0 Å². The predicted molar refractivity (Wildman–Crippen MR) is 95.4 cm³/mol. The third kappa shape index (κ3) is 4.32. The third-order valence-corrected chi connectivity index (χ3v) is 4.17. The fraction of sp³-hybridized carbons (Fsp3) is 0.474. The van der Waals surface area contributed by atoms with Crippen molar-refractivity contribution < 1.29 is 9.53 Å². The molecule has 2 aromatic heterocycles. The van der Waals surface area contributed by atoms with Gasteiger partial charge in [-0.2, -0.15) is 4.98 Å². The molecule has 0 spiro atoms. The Kier molecular flexibility index (Phi) is 5.26. The first-order valence-corrected chi connectivity index (χ1v) is 8.78. The van der Waals surface area contributed by atoms with Crippen molar-refractivity contribution in [2.75, 3.05) is 14.1 Å². The minimum atomic E-state index is -0.426. The second-order valence-corrected chi connectivity index (χ2v) is 6.65. The Balaban J connectivity index is 2.05. The van der Waals surface area contributed by atoms with Crippen molar-refractivity contribution in [2.45, 2.75) is 39.0 Å². The zero-order valence-corrected chi connectivity index (χ0v) is 15.0. The Hall–Kier alpha value is -2.50. The lowest BCUT2D eigenvalue weighted by Crippen LogP contribution is -2.26. The van der Waals surface area contributed by atoms with Crippen molar-refractivity contribution >= 4 is 6.09 Å². The van der Waals surface area contributed by atoms with E-state index in [1.165, 1.54) is 17.7 Å². The van der Waals surface area contributed by atoms with Gasteiger partial charge in [-0.15, -0.1) is 0 Å². The van der Waals surface area contributed by atoms with Crippen molar-refractivity contribution in [3.8, 4) is 17.4 Å². The lowest BCUT2D eigenvalue weighted by atomic mass is 10.0. The van der Waals surface area contributed by atoms with Gasteiger partial charge in [0.25, 0.3) is 0 Å². The van der Waals surface area contributed by atoms with Crippen LogP contribution in [0.25, 0.3) is 11.5 Å². The van der Waals surface area contributed by atoms with Crippen molar-refractivity contribution in [1.29, 1.82) is 0 Å². The number of hydrogen-bond acceptors (Lipinski definition) is 5. The van der Waals surface area contributed by atoms with Gasteiger partial charge in [0.1, 0.15) is 5.69 Å². The van der Waals surface area contributed by atoms with E-state index >= 15 is 0 Å². The van der Waals surface area contributed by atoms with E-state index in [1.807, 2.05) is 18.2 Å². The number of hydrogen-bond donors (Lipinski definition) is 0. The van der Waals surface area contributed by atoms with Gasteiger partial charge in [-0.3, -0.25) is 4.98 Å². The Morgan fingerprint density at radius 3 is 2.68 bits per heavy atom. The quantitative estimate of drug-likeness (QED) is 0.805. The summed E-state index contributed by atoms with van der Waals surface area (Å²) in [5.41, 5.74) is 2.62. The van der Waals surface area contributed by atoms with Crippen LogP contribution >= 0.6 is 0 Å². The fourth-order valence-corrected chi connectivity index (χ4v) is 2.63. The standard InChI is InChI=1S/C19H24N4O2/c1-4-7-15-14(12-13-9-10-13)18(25-19(24)23(2)3)22-17(21-15)16-8-5-6-11-20-16/h5-6,8,11,13H,4,7,9-10,12H2,1-3H3. The van der Waals surface area contributed by atoms with Gasteiger partial charge in [0.2, 0.25) is 5.88 Å². The number of amides is 1. The highest BCUT2D eigenvalue weighted by Crippen LogP contribution is 2.36. The van der Waals surface area contributed by atoms with Crippen LogP contribution in [0.1, 0.15) is 37.4 Å². The number of ether oxygens (including phenoxy) is 1. The molecule has 0 aromatic carbocycles. The molecule has 0 bridgehead atoms. The summed E-state index contributed by atoms with van der Waals surface area (Å²) in [4.78, 5) is 27.1. The molecule has 0 N–H and O–H groups in total. The Labute approximate surface area is 148 Å². The molecule has 0 radical (unpaired) electrons. The van der Waals surface area contributed by atoms with Gasteiger partial charge >= 0.3 is 6.09 Å². The molecule has 1 saturated carbocycles. The van der Waals surface area contributed by atoms with Crippen LogP contribution in [0.15, 0.2) is 24.4 Å². The molecular formula is C19H24N4O2. The van der Waals surface area contributed by atoms with Gasteiger partial charge in [-0.25, -0.2) is 9.78 Å². The van der Waals surface area contributed by atoms with E-state index in [9.17, 15) is 4.79 Å². The summed E-state index contributed by atoms with van der Waals surface area (Å²) >= 11 is 0. The molecule has 0 unspecified atom stereocenters. The molecular weight excluding hydrogens is 316 g/mol. The summed E-state index contributed by atoms with van der Waals surface area (Å²) < 4.78 is 5.59. The first-order valence-electron chi connectivity index (χ1n) is 8.78. The van der Waals surface area contributed by atoms with E-state index in [4.69, 9.17) is 9.72 Å². The summed E-state index contributed by atoms with van der Waals surface area (Å²) in [6.07, 6.45) is 6.39. The van der Waals surface area contributed by atoms with Gasteiger partial charge in [-0.1, -0.05) is 19.4 Å². The zero-order chi connectivity index (χ0) is 17.8. The lowest BCUT2D eigenvalue weighted by Gasteiger charge is -2.16. The molecule has 6 heteroatoms. The number of carbonyl (C=O) groups is 1. The summed E-state index contributed by atoms with van der Waals surface area (Å²) in [5.74, 6) is 1.53. The molecule has 0 atom stereocenters. The summed E-state index contributed by atoms with van der Waals surface area (Å²) in [7, 11) is 3.33. The van der Waals surface area contributed by atoms with Gasteiger partial charge < -0.3 is 9.64 Å². The molecule has 1 aliphatic carbocycles. The Bertz CT molecular complexity index is 743. The van der Waals surface area contributed by atoms with Gasteiger partial charge in [0.15, 0.2) is 5.82 Å². The number of aryl methyl sites for hydroxylation is 1. The highest BCUT2D eigenvalue weighted by Gasteiger charge is 2.27. The van der Waals surface area contributed by atoms with Crippen LogP contribution < -0.4 is 4.74 Å². The second kappa shape index (κ2) is 7.59. The van der Waals surface area contributed by atoms with E-state index in [0.717, 1.165) is 30.5 Å². The van der Waals surface area contributed by atoms with Crippen molar-refractivity contribution in [2.24, 2.45) is 5.92 Å². The monoisotopic (exact) mass is 340 g/mol. The minimum Gasteiger partial charge on any atom is -0.391 e. The summed E-state index contributed by atoms with van der Waals surface area (Å²) in [6.45, 7) is 2.12. The maximum atomic E-state index is 12.1. The van der Waals surface area contributed by atoms with E-state index < -0.39 is 6.09 Å². The van der Waals surface area contributed by atoms with E-state index in [2.05, 4.69) is 16.9 Å². The summed E-state index contributed by atoms with van der Waals surface area (Å²) in [6, 6.07) is 5.61. The summed E-state index contributed by atoms with van der Waals surface area (Å²) in [5, 5.41) is 0. The van der Waals surface area contributed by atoms with Crippen molar-refractivity contribution in [3.63, 3.8) is 0 Å². The highest BCUT2D eigenvalue weighted by molar-refractivity contribution is 5.70. The zero-order valence-electron chi connectivity index (χ0n) is 15.0. The first kappa shape index (κ1) is 17.3. The largest absolute Gasteiger partial charge is 0.416 e. The molecule has 6 nitrogen and oxygen atoms in total. The van der Waals surface area contributed by atoms with Crippen LogP contribution in [0.2, 0.25) is 0 Å². The number of nitrogens with zero attached hydrogens (tertiary/aromatic N) is 4. The second-order valence-electron chi connectivity index (χ2n) is 6.65. The molecule has 0 saturated heterocycles. The molecule has 25 heavy (non-hydrogen) atoms. The normalized spacial score (nSPS) is 13.6. The fourth-order valence-electron chi connectivity index (χ4n) is 2.63. The average molecular weight is 340 g/mol. The van der Waals surface area contributed by atoms with E-state index in [-0.39, 0.29) is 0 Å². The SMILES string of the molecule is CCCc1nc(-c2ccccn2)nc(OC(=O)N(C)C)c1CC1CC1. The Morgan fingerprint density at radius 2 is 2.08 bits per heavy atom. The molecule has 0 aliphatic heterocycles. The third-order valence-electron chi connectivity index (χ3n) is 4.17. The number of rotatable bonds is 6. The number of carbonyl (C=O) groups excluding carboxylic acids is 1. The molecule has 132 valence electrons. The van der Waals surface area contributed by atoms with Crippen molar-refractivity contribution in [1.82, 2.24) is 19.9 Å². The molecule has 2 heterocycles. The first-order chi connectivity index (χ1) is 12.1. The van der Waals surface area contributed by atoms with Crippen LogP contribution in [-0.2, 0) is 12.8 Å². The minimum absolute atomic E-state index is 0.379. The molecule has 1 aliphatic rings. The smallest absolute Gasteiger partial charge is 0.391 e. The van der Waals surface area contributed by atoms with Gasteiger partial charge in [0, 0.05) is 25.9 Å². The maximum Gasteiger partial charge on any atom is 0.416 e. The molecule has 3 rings (SSSR count). The highest BCUT2D eigenvalue weighted by atomic mass is 16.6. The lowest BCUT2D eigenvalue weighted by molar-refractivity contribution is 0.169. The average Bonchev–Trinajstić information content (AvgIpc) is 3.42. The van der Waals surface area contributed by atoms with Gasteiger partial charge in [0.05, 0.1) is 5.69 Å². The van der Waals surface area contributed by atoms with Gasteiger partial charge in [-0.05, 0) is 43.7 Å². The Morgan fingerprint density at radius 1 is 1.28 bits per heavy atom. The molecule has 2 aromatic rings. The van der Waals surface area contributed by atoms with Crippen molar-refractivity contribution in [3.05, 3.63) is 35.7 Å². The van der Waals surface area contributed by atoms with Crippen LogP contribution in [0.3, 0.4) is 0 Å². The van der Waals surface area contributed by atoms with E-state index in [0.29, 0.717) is 23.3 Å². The number of aromatic nitrogens is 3. The van der Waals surface area contributed by atoms with Crippen LogP contribution in [0.4, 0.5) is 4.79 Å². The number of pyridine rings is 1. The maximum absolute atomic E-state index is 12.1. The topological polar surface area (TPSA) is 68.2 Å². The molecule has 1 amide bonds.